The summed E-state index contributed by atoms with van der Waals surface area (Å²) < 4.78 is 2.00. The molecule has 1 saturated heterocycles. The Morgan fingerprint density at radius 1 is 1.25 bits per heavy atom. The number of thiazole rings is 1. The van der Waals surface area contributed by atoms with E-state index in [1.54, 1.807) is 23.7 Å². The van der Waals surface area contributed by atoms with Crippen LogP contribution in [0.1, 0.15) is 30.1 Å². The molecule has 3 aromatic rings. The first-order valence-electron chi connectivity index (χ1n) is 8.18. The summed E-state index contributed by atoms with van der Waals surface area (Å²) in [4.78, 5) is 20.4. The van der Waals surface area contributed by atoms with Gasteiger partial charge in [-0.25, -0.2) is 9.97 Å². The molecular weight excluding hydrogens is 320 g/mol. The van der Waals surface area contributed by atoms with Gasteiger partial charge in [0.05, 0.1) is 35.1 Å². The molecular formula is C17H20N6S. The fourth-order valence-corrected chi connectivity index (χ4v) is 3.95. The molecule has 1 aliphatic heterocycles. The fourth-order valence-electron chi connectivity index (χ4n) is 3.40. The van der Waals surface area contributed by atoms with Crippen LogP contribution < -0.4 is 0 Å². The SMILES string of the molecule is Cn1cncc1-c1nccnc1C1CCCN(Cc2cscn2)C1. The summed E-state index contributed by atoms with van der Waals surface area (Å²) in [5.41, 5.74) is 6.13. The van der Waals surface area contributed by atoms with Gasteiger partial charge in [-0.2, -0.15) is 0 Å². The Morgan fingerprint density at radius 2 is 2.17 bits per heavy atom. The van der Waals surface area contributed by atoms with Crippen LogP contribution in [0.3, 0.4) is 0 Å². The van der Waals surface area contributed by atoms with E-state index in [1.165, 1.54) is 6.42 Å². The second-order valence-corrected chi connectivity index (χ2v) is 6.95. The second-order valence-electron chi connectivity index (χ2n) is 6.23. The van der Waals surface area contributed by atoms with Gasteiger partial charge in [0.15, 0.2) is 0 Å². The molecule has 124 valence electrons. The molecule has 0 aromatic carbocycles. The number of piperidine rings is 1. The first-order chi connectivity index (χ1) is 11.8. The highest BCUT2D eigenvalue weighted by molar-refractivity contribution is 7.07. The molecule has 0 bridgehead atoms. The summed E-state index contributed by atoms with van der Waals surface area (Å²) in [6, 6.07) is 0. The molecule has 0 N–H and O–H groups in total. The van der Waals surface area contributed by atoms with Crippen LogP contribution in [0.15, 0.2) is 35.8 Å². The molecule has 0 amide bonds. The molecule has 0 radical (unpaired) electrons. The van der Waals surface area contributed by atoms with Gasteiger partial charge in [-0.05, 0) is 19.4 Å². The van der Waals surface area contributed by atoms with Crippen LogP contribution in [-0.4, -0.2) is 42.5 Å². The third kappa shape index (κ3) is 3.09. The van der Waals surface area contributed by atoms with Crippen molar-refractivity contribution >= 4 is 11.3 Å². The summed E-state index contributed by atoms with van der Waals surface area (Å²) in [6.07, 6.45) is 9.57. The van der Waals surface area contributed by atoms with Crippen molar-refractivity contribution in [3.63, 3.8) is 0 Å². The van der Waals surface area contributed by atoms with E-state index in [4.69, 9.17) is 0 Å². The first kappa shape index (κ1) is 15.4. The number of imidazole rings is 1. The van der Waals surface area contributed by atoms with Crippen molar-refractivity contribution in [1.82, 2.24) is 29.4 Å². The number of aromatic nitrogens is 5. The number of hydrogen-bond acceptors (Lipinski definition) is 6. The Morgan fingerprint density at radius 3 is 2.96 bits per heavy atom. The van der Waals surface area contributed by atoms with Crippen molar-refractivity contribution in [1.29, 1.82) is 0 Å². The van der Waals surface area contributed by atoms with Gasteiger partial charge in [0, 0.05) is 43.8 Å². The Kier molecular flexibility index (Phi) is 4.36. The van der Waals surface area contributed by atoms with Gasteiger partial charge in [0.1, 0.15) is 5.69 Å². The van der Waals surface area contributed by atoms with Gasteiger partial charge in [0.25, 0.3) is 0 Å². The predicted octanol–water partition coefficient (Wildman–Crippen LogP) is 2.71. The number of rotatable bonds is 4. The molecule has 4 heterocycles. The monoisotopic (exact) mass is 340 g/mol. The quantitative estimate of drug-likeness (QED) is 0.731. The third-order valence-corrected chi connectivity index (χ3v) is 5.18. The lowest BCUT2D eigenvalue weighted by Crippen LogP contribution is -2.34. The normalized spacial score (nSPS) is 18.8. The van der Waals surface area contributed by atoms with Crippen LogP contribution in [0.25, 0.3) is 11.4 Å². The largest absolute Gasteiger partial charge is 0.332 e. The van der Waals surface area contributed by atoms with Gasteiger partial charge in [-0.1, -0.05) is 0 Å². The van der Waals surface area contributed by atoms with Gasteiger partial charge in [0.2, 0.25) is 0 Å². The second kappa shape index (κ2) is 6.78. The lowest BCUT2D eigenvalue weighted by Gasteiger charge is -2.32. The van der Waals surface area contributed by atoms with Gasteiger partial charge in [-0.3, -0.25) is 14.9 Å². The average molecular weight is 340 g/mol. The zero-order chi connectivity index (χ0) is 16.4. The first-order valence-corrected chi connectivity index (χ1v) is 9.12. The maximum absolute atomic E-state index is 4.69. The van der Waals surface area contributed by atoms with Crippen molar-refractivity contribution in [3.8, 4) is 11.4 Å². The molecule has 6 nitrogen and oxygen atoms in total. The topological polar surface area (TPSA) is 59.7 Å². The number of hydrogen-bond donors (Lipinski definition) is 0. The summed E-state index contributed by atoms with van der Waals surface area (Å²) in [7, 11) is 2.00. The summed E-state index contributed by atoms with van der Waals surface area (Å²) >= 11 is 1.66. The lowest BCUT2D eigenvalue weighted by molar-refractivity contribution is 0.197. The van der Waals surface area contributed by atoms with E-state index in [0.29, 0.717) is 5.92 Å². The van der Waals surface area contributed by atoms with E-state index in [2.05, 4.69) is 30.2 Å². The third-order valence-electron chi connectivity index (χ3n) is 4.55. The highest BCUT2D eigenvalue weighted by Gasteiger charge is 2.26. The van der Waals surface area contributed by atoms with Crippen LogP contribution in [0.2, 0.25) is 0 Å². The zero-order valence-electron chi connectivity index (χ0n) is 13.7. The van der Waals surface area contributed by atoms with Crippen LogP contribution in [0.5, 0.6) is 0 Å². The summed E-state index contributed by atoms with van der Waals surface area (Å²) in [6.45, 7) is 3.04. The van der Waals surface area contributed by atoms with Crippen molar-refractivity contribution in [2.24, 2.45) is 7.05 Å². The highest BCUT2D eigenvalue weighted by atomic mass is 32.1. The molecule has 1 unspecified atom stereocenters. The maximum atomic E-state index is 4.69. The minimum atomic E-state index is 0.399. The minimum absolute atomic E-state index is 0.399. The van der Waals surface area contributed by atoms with Crippen LogP contribution in [0, 0.1) is 0 Å². The van der Waals surface area contributed by atoms with Gasteiger partial charge >= 0.3 is 0 Å². The van der Waals surface area contributed by atoms with Crippen LogP contribution >= 0.6 is 11.3 Å². The number of likely N-dealkylation sites (tertiary alicyclic amines) is 1. The highest BCUT2D eigenvalue weighted by Crippen LogP contribution is 2.31. The van der Waals surface area contributed by atoms with Crippen LogP contribution in [0.4, 0.5) is 0 Å². The molecule has 1 fully saturated rings. The van der Waals surface area contributed by atoms with E-state index in [-0.39, 0.29) is 0 Å². The molecule has 3 aromatic heterocycles. The molecule has 0 spiro atoms. The van der Waals surface area contributed by atoms with Crippen molar-refractivity contribution in [2.45, 2.75) is 25.3 Å². The number of nitrogens with zero attached hydrogens (tertiary/aromatic N) is 6. The summed E-state index contributed by atoms with van der Waals surface area (Å²) in [5, 5.41) is 2.13. The smallest absolute Gasteiger partial charge is 0.110 e. The van der Waals surface area contributed by atoms with E-state index in [0.717, 1.165) is 48.8 Å². The van der Waals surface area contributed by atoms with Gasteiger partial charge < -0.3 is 4.57 Å². The van der Waals surface area contributed by atoms with Crippen molar-refractivity contribution in [2.75, 3.05) is 13.1 Å². The molecule has 7 heteroatoms. The van der Waals surface area contributed by atoms with Gasteiger partial charge in [-0.15, -0.1) is 11.3 Å². The van der Waals surface area contributed by atoms with E-state index in [1.807, 2.05) is 29.6 Å². The zero-order valence-corrected chi connectivity index (χ0v) is 14.5. The maximum Gasteiger partial charge on any atom is 0.110 e. The Labute approximate surface area is 145 Å². The van der Waals surface area contributed by atoms with E-state index >= 15 is 0 Å². The standard InChI is InChI=1S/C17H20N6S/c1-22-11-18-7-15(22)17-16(19-4-5-20-17)13-3-2-6-23(8-13)9-14-10-24-12-21-14/h4-5,7,10-13H,2-3,6,8-9H2,1H3. The Hall–Kier alpha value is -2.12. The van der Waals surface area contributed by atoms with Crippen LogP contribution in [-0.2, 0) is 13.6 Å². The van der Waals surface area contributed by atoms with Crippen molar-refractivity contribution in [3.05, 3.63) is 47.2 Å². The fraction of sp³-hybridized carbons (Fsp3) is 0.412. The predicted molar refractivity (Wildman–Crippen MR) is 93.6 cm³/mol. The van der Waals surface area contributed by atoms with E-state index < -0.39 is 0 Å². The minimum Gasteiger partial charge on any atom is -0.332 e. The van der Waals surface area contributed by atoms with E-state index in [9.17, 15) is 0 Å². The Balaban J connectivity index is 1.58. The molecule has 1 aliphatic rings. The molecule has 24 heavy (non-hydrogen) atoms. The number of aryl methyl sites for hydroxylation is 1. The summed E-state index contributed by atoms with van der Waals surface area (Å²) in [5.74, 6) is 0.399. The molecule has 0 aliphatic carbocycles. The Bertz CT molecular complexity index is 797. The molecule has 4 rings (SSSR count). The molecule has 0 saturated carbocycles. The average Bonchev–Trinajstić information content (AvgIpc) is 3.27. The van der Waals surface area contributed by atoms with Crippen molar-refractivity contribution < 1.29 is 0 Å². The molecule has 1 atom stereocenters. The lowest BCUT2D eigenvalue weighted by atomic mass is 9.92.